The summed E-state index contributed by atoms with van der Waals surface area (Å²) in [5.74, 6) is 0.965. The smallest absolute Gasteiger partial charge is 0.407 e. The fourth-order valence-corrected chi connectivity index (χ4v) is 4.37. The molecule has 0 amide bonds. The summed E-state index contributed by atoms with van der Waals surface area (Å²) >= 11 is 5.59. The lowest BCUT2D eigenvalue weighted by molar-refractivity contribution is 0.384. The number of isocyanates is 3. The van der Waals surface area contributed by atoms with Gasteiger partial charge in [0.05, 0.1) is 17.1 Å². The van der Waals surface area contributed by atoms with E-state index in [4.69, 9.17) is 25.4 Å². The summed E-state index contributed by atoms with van der Waals surface area (Å²) in [6.45, 7) is -3.47. The van der Waals surface area contributed by atoms with Crippen LogP contribution in [-0.2, 0) is 26.2 Å². The van der Waals surface area contributed by atoms with Gasteiger partial charge in [0.15, 0.2) is 0 Å². The first kappa shape index (κ1) is 22.5. The highest BCUT2D eigenvalue weighted by atomic mass is 32.5. The van der Waals surface area contributed by atoms with Gasteiger partial charge in [-0.3, -0.25) is 0 Å². The van der Waals surface area contributed by atoms with Crippen molar-refractivity contribution in [3.05, 3.63) is 72.8 Å². The molecule has 3 aromatic carbocycles. The van der Waals surface area contributed by atoms with Crippen molar-refractivity contribution >= 4 is 53.8 Å². The number of aliphatic imine (C=N–C) groups is 3. The number of hydrogen-bond acceptors (Lipinski definition) is 10. The molecule has 3 aromatic rings. The van der Waals surface area contributed by atoms with E-state index in [1.54, 1.807) is 72.8 Å². The van der Waals surface area contributed by atoms with Crippen LogP contribution in [0, 0.1) is 0 Å². The van der Waals surface area contributed by atoms with Crippen molar-refractivity contribution in [2.24, 2.45) is 15.0 Å². The van der Waals surface area contributed by atoms with E-state index in [9.17, 15) is 14.4 Å². The highest BCUT2D eigenvalue weighted by Crippen LogP contribution is 2.50. The van der Waals surface area contributed by atoms with Crippen LogP contribution in [0.1, 0.15) is 0 Å². The first-order chi connectivity index (χ1) is 15.5. The summed E-state index contributed by atoms with van der Waals surface area (Å²) in [6.07, 6.45) is 4.36. The Morgan fingerprint density at radius 3 is 1.00 bits per heavy atom. The van der Waals surface area contributed by atoms with Gasteiger partial charge in [0.1, 0.15) is 17.2 Å². The fourth-order valence-electron chi connectivity index (χ4n) is 2.35. The van der Waals surface area contributed by atoms with E-state index in [0.717, 1.165) is 0 Å². The van der Waals surface area contributed by atoms with Crippen LogP contribution in [-0.4, -0.2) is 18.2 Å². The molecule has 0 aliphatic carbocycles. The van der Waals surface area contributed by atoms with Crippen LogP contribution in [0.2, 0.25) is 0 Å². The first-order valence-electron chi connectivity index (χ1n) is 8.76. The zero-order valence-corrected chi connectivity index (χ0v) is 17.8. The molecule has 0 atom stereocenters. The van der Waals surface area contributed by atoms with E-state index in [2.05, 4.69) is 15.0 Å². The lowest BCUT2D eigenvalue weighted by Gasteiger charge is -2.23. The Hall–Kier alpha value is -4.15. The normalized spacial score (nSPS) is 11.5. The predicted octanol–water partition coefficient (Wildman–Crippen LogP) is 5.35. The third kappa shape index (κ3) is 6.42. The van der Waals surface area contributed by atoms with E-state index in [0.29, 0.717) is 34.3 Å². The Morgan fingerprint density at radius 1 is 0.531 bits per heavy atom. The average molecular weight is 465 g/mol. The summed E-state index contributed by atoms with van der Waals surface area (Å²) < 4.78 is 17.6. The van der Waals surface area contributed by atoms with Crippen molar-refractivity contribution in [2.75, 3.05) is 0 Å². The van der Waals surface area contributed by atoms with Crippen LogP contribution in [0.15, 0.2) is 87.8 Å². The summed E-state index contributed by atoms with van der Waals surface area (Å²) in [4.78, 5) is 41.7. The van der Waals surface area contributed by atoms with Gasteiger partial charge in [-0.15, -0.1) is 0 Å². The number of rotatable bonds is 9. The van der Waals surface area contributed by atoms with Crippen molar-refractivity contribution in [3.8, 4) is 17.2 Å². The molecule has 0 heterocycles. The summed E-state index contributed by atoms with van der Waals surface area (Å²) in [6, 6.07) is 18.5. The molecule has 11 heteroatoms. The molecule has 0 aromatic heterocycles. The van der Waals surface area contributed by atoms with Gasteiger partial charge in [-0.2, -0.15) is 15.0 Å². The van der Waals surface area contributed by atoms with Crippen LogP contribution in [0.5, 0.6) is 17.2 Å². The number of carbonyl (C=O) groups excluding carboxylic acids is 3. The van der Waals surface area contributed by atoms with Crippen LogP contribution >= 0.6 is 6.72 Å². The second-order valence-corrected chi connectivity index (χ2v) is 8.60. The zero-order chi connectivity index (χ0) is 22.8. The summed E-state index contributed by atoms with van der Waals surface area (Å²) in [7, 11) is 0. The molecule has 0 spiro atoms. The van der Waals surface area contributed by atoms with Crippen molar-refractivity contribution in [2.45, 2.75) is 0 Å². The summed E-state index contributed by atoms with van der Waals surface area (Å²) in [5, 5.41) is 0. The number of hydrogen-bond donors (Lipinski definition) is 0. The van der Waals surface area contributed by atoms with Gasteiger partial charge >= 0.3 is 6.72 Å². The molecule has 0 saturated carbocycles. The van der Waals surface area contributed by atoms with E-state index in [-0.39, 0.29) is 0 Å². The van der Waals surface area contributed by atoms with Gasteiger partial charge in [-0.05, 0) is 72.8 Å². The van der Waals surface area contributed by atoms with Gasteiger partial charge in [0, 0.05) is 11.8 Å². The third-order valence-corrected chi connectivity index (χ3v) is 5.66. The van der Waals surface area contributed by atoms with Gasteiger partial charge in [-0.1, -0.05) is 0 Å². The molecule has 0 fully saturated rings. The minimum absolute atomic E-state index is 0.322. The molecular weight excluding hydrogens is 453 g/mol. The highest BCUT2D eigenvalue weighted by Gasteiger charge is 2.27. The molecule has 3 rings (SSSR count). The number of nitrogens with zero attached hydrogens (tertiary/aromatic N) is 3. The van der Waals surface area contributed by atoms with Crippen molar-refractivity contribution in [1.29, 1.82) is 0 Å². The maximum atomic E-state index is 10.4. The minimum atomic E-state index is -3.47. The molecule has 0 aliphatic rings. The lowest BCUT2D eigenvalue weighted by Crippen LogP contribution is -2.07. The molecular formula is C21H12N3O6PS. The van der Waals surface area contributed by atoms with E-state index < -0.39 is 6.72 Å². The molecule has 0 bridgehead atoms. The highest BCUT2D eigenvalue weighted by molar-refractivity contribution is 8.08. The largest absolute Gasteiger partial charge is 0.490 e. The Kier molecular flexibility index (Phi) is 7.57. The topological polar surface area (TPSA) is 116 Å². The van der Waals surface area contributed by atoms with Gasteiger partial charge in [-0.25, -0.2) is 14.4 Å². The zero-order valence-electron chi connectivity index (χ0n) is 16.1. The average Bonchev–Trinajstić information content (AvgIpc) is 2.78. The van der Waals surface area contributed by atoms with Gasteiger partial charge < -0.3 is 13.6 Å². The van der Waals surface area contributed by atoms with Gasteiger partial charge in [0.2, 0.25) is 18.2 Å². The van der Waals surface area contributed by atoms with E-state index in [1.165, 1.54) is 18.2 Å². The predicted molar refractivity (Wildman–Crippen MR) is 119 cm³/mol. The minimum Gasteiger partial charge on any atom is -0.407 e. The van der Waals surface area contributed by atoms with E-state index in [1.807, 2.05) is 0 Å². The Bertz CT molecular complexity index is 1120. The van der Waals surface area contributed by atoms with Crippen molar-refractivity contribution in [1.82, 2.24) is 0 Å². The summed E-state index contributed by atoms with van der Waals surface area (Å²) in [5.41, 5.74) is 1.17. The molecule has 0 radical (unpaired) electrons. The molecule has 0 N–H and O–H groups in total. The lowest BCUT2D eigenvalue weighted by atomic mass is 10.3. The Balaban J connectivity index is 1.89. The second-order valence-electron chi connectivity index (χ2n) is 5.81. The van der Waals surface area contributed by atoms with E-state index >= 15 is 0 Å². The molecule has 0 unspecified atom stereocenters. The SMILES string of the molecule is O=C=Nc1ccc(OP(=S)(Oc2ccc(N=C=O)cc2)Oc2ccc(N=C=O)cc2)cc1. The van der Waals surface area contributed by atoms with Crippen LogP contribution in [0.3, 0.4) is 0 Å². The molecule has 0 aliphatic heterocycles. The first-order valence-corrected chi connectivity index (χ1v) is 11.3. The second kappa shape index (κ2) is 10.8. The monoisotopic (exact) mass is 465 g/mol. The molecule has 9 nitrogen and oxygen atoms in total. The van der Waals surface area contributed by atoms with Crippen LogP contribution in [0.25, 0.3) is 0 Å². The maximum Gasteiger partial charge on any atom is 0.490 e. The maximum absolute atomic E-state index is 10.4. The van der Waals surface area contributed by atoms with Crippen LogP contribution < -0.4 is 13.6 Å². The van der Waals surface area contributed by atoms with Crippen LogP contribution in [0.4, 0.5) is 17.1 Å². The number of benzene rings is 3. The molecule has 158 valence electrons. The molecule has 32 heavy (non-hydrogen) atoms. The van der Waals surface area contributed by atoms with Crippen molar-refractivity contribution < 1.29 is 28.0 Å². The fraction of sp³-hybridized carbons (Fsp3) is 0. The Labute approximate surface area is 187 Å². The quantitative estimate of drug-likeness (QED) is 0.238. The standard InChI is InChI=1S/C21H12N3O6PS/c25-13-22-16-1-7-19(8-2-16)28-31(32,29-20-9-3-17(4-10-20)23-14-26)30-21-11-5-18(6-12-21)24-15-27/h1-12H. The Morgan fingerprint density at radius 2 is 0.781 bits per heavy atom. The van der Waals surface area contributed by atoms with Crippen molar-refractivity contribution in [3.63, 3.8) is 0 Å². The van der Waals surface area contributed by atoms with Gasteiger partial charge in [0.25, 0.3) is 0 Å². The molecule has 0 saturated heterocycles. The third-order valence-electron chi connectivity index (χ3n) is 3.69.